The zero-order valence-electron chi connectivity index (χ0n) is 15.6. The maximum absolute atomic E-state index is 12.7. The molecule has 0 aromatic heterocycles. The average molecular weight is 372 g/mol. The van der Waals surface area contributed by atoms with Gasteiger partial charge in [-0.1, -0.05) is 35.9 Å². The number of hydrogen-bond acceptors (Lipinski definition) is 3. The average Bonchev–Trinajstić information content (AvgIpc) is 2.65. The van der Waals surface area contributed by atoms with Crippen LogP contribution in [0.4, 0.5) is 11.4 Å². The van der Waals surface area contributed by atoms with Crippen LogP contribution in [0.25, 0.3) is 0 Å². The fourth-order valence-electron chi connectivity index (χ4n) is 3.41. The third-order valence-electron chi connectivity index (χ3n) is 5.22. The minimum absolute atomic E-state index is 0.0136. The van der Waals surface area contributed by atoms with Crippen LogP contribution in [0.1, 0.15) is 18.1 Å². The fourth-order valence-corrected chi connectivity index (χ4v) is 3.59. The highest BCUT2D eigenvalue weighted by molar-refractivity contribution is 6.31. The van der Waals surface area contributed by atoms with E-state index in [-0.39, 0.29) is 11.9 Å². The number of hydrogen-bond donors (Lipinski definition) is 1. The first-order chi connectivity index (χ1) is 12.5. The van der Waals surface area contributed by atoms with E-state index in [1.54, 1.807) is 0 Å². The Morgan fingerprint density at radius 1 is 1.04 bits per heavy atom. The van der Waals surface area contributed by atoms with E-state index in [4.69, 9.17) is 11.6 Å². The molecule has 4 nitrogen and oxygen atoms in total. The van der Waals surface area contributed by atoms with Crippen molar-refractivity contribution in [3.05, 3.63) is 58.6 Å². The molecule has 1 amide bonds. The van der Waals surface area contributed by atoms with Gasteiger partial charge in [-0.25, -0.2) is 0 Å². The van der Waals surface area contributed by atoms with Gasteiger partial charge < -0.3 is 10.2 Å². The number of piperazine rings is 1. The second-order valence-corrected chi connectivity index (χ2v) is 7.29. The Labute approximate surface area is 160 Å². The van der Waals surface area contributed by atoms with Gasteiger partial charge >= 0.3 is 0 Å². The number of nitrogens with one attached hydrogen (secondary N) is 1. The smallest absolute Gasteiger partial charge is 0.241 e. The molecular formula is C21H26ClN3O. The Balaban J connectivity index is 1.59. The van der Waals surface area contributed by atoms with Gasteiger partial charge in [0.1, 0.15) is 0 Å². The van der Waals surface area contributed by atoms with Gasteiger partial charge in [-0.15, -0.1) is 0 Å². The van der Waals surface area contributed by atoms with Gasteiger partial charge in [0, 0.05) is 42.6 Å². The SMILES string of the molecule is Cc1ccccc1N1CCN(C(C)C(=O)Nc2cccc(Cl)c2C)CC1. The molecule has 0 radical (unpaired) electrons. The van der Waals surface area contributed by atoms with E-state index in [0.29, 0.717) is 5.02 Å². The summed E-state index contributed by atoms with van der Waals surface area (Å²) in [6.07, 6.45) is 0. The number of anilines is 2. The number of nitrogens with zero attached hydrogens (tertiary/aromatic N) is 2. The Bertz CT molecular complexity index is 785. The third-order valence-corrected chi connectivity index (χ3v) is 5.63. The molecule has 0 saturated carbocycles. The van der Waals surface area contributed by atoms with Crippen LogP contribution in [0.3, 0.4) is 0 Å². The highest BCUT2D eigenvalue weighted by Gasteiger charge is 2.26. The van der Waals surface area contributed by atoms with Gasteiger partial charge in [0.15, 0.2) is 0 Å². The lowest BCUT2D eigenvalue weighted by molar-refractivity contribution is -0.120. The van der Waals surface area contributed by atoms with Crippen molar-refractivity contribution < 1.29 is 4.79 Å². The van der Waals surface area contributed by atoms with Crippen molar-refractivity contribution in [3.8, 4) is 0 Å². The lowest BCUT2D eigenvalue weighted by Gasteiger charge is -2.39. The number of halogens is 1. The maximum atomic E-state index is 12.7. The maximum Gasteiger partial charge on any atom is 0.241 e. The van der Waals surface area contributed by atoms with Gasteiger partial charge in [0.25, 0.3) is 0 Å². The highest BCUT2D eigenvalue weighted by atomic mass is 35.5. The second-order valence-electron chi connectivity index (χ2n) is 6.89. The van der Waals surface area contributed by atoms with E-state index in [0.717, 1.165) is 37.4 Å². The predicted molar refractivity (Wildman–Crippen MR) is 109 cm³/mol. The van der Waals surface area contributed by atoms with Crippen LogP contribution < -0.4 is 10.2 Å². The number of carbonyl (C=O) groups is 1. The van der Waals surface area contributed by atoms with Gasteiger partial charge in [-0.05, 0) is 50.1 Å². The molecule has 0 aliphatic carbocycles. The number of para-hydroxylation sites is 1. The summed E-state index contributed by atoms with van der Waals surface area (Å²) < 4.78 is 0. The number of rotatable bonds is 4. The van der Waals surface area contributed by atoms with Crippen molar-refractivity contribution in [2.75, 3.05) is 36.4 Å². The van der Waals surface area contributed by atoms with Crippen molar-refractivity contribution in [2.24, 2.45) is 0 Å². The molecule has 0 bridgehead atoms. The van der Waals surface area contributed by atoms with E-state index in [1.165, 1.54) is 11.3 Å². The van der Waals surface area contributed by atoms with Crippen molar-refractivity contribution in [1.29, 1.82) is 0 Å². The Morgan fingerprint density at radius 2 is 1.73 bits per heavy atom. The molecule has 1 N–H and O–H groups in total. The zero-order chi connectivity index (χ0) is 18.7. The number of carbonyl (C=O) groups excluding carboxylic acids is 1. The first kappa shape index (κ1) is 18.7. The van der Waals surface area contributed by atoms with Crippen LogP contribution in [0, 0.1) is 13.8 Å². The molecule has 1 unspecified atom stereocenters. The van der Waals surface area contributed by atoms with Crippen LogP contribution in [0.5, 0.6) is 0 Å². The van der Waals surface area contributed by atoms with E-state index in [2.05, 4.69) is 46.3 Å². The molecule has 5 heteroatoms. The number of benzene rings is 2. The summed E-state index contributed by atoms with van der Waals surface area (Å²) in [5.41, 5.74) is 4.27. The van der Waals surface area contributed by atoms with Gasteiger partial charge in [0.2, 0.25) is 5.91 Å². The molecule has 138 valence electrons. The van der Waals surface area contributed by atoms with Crippen molar-refractivity contribution >= 4 is 28.9 Å². The molecule has 1 fully saturated rings. The van der Waals surface area contributed by atoms with E-state index in [9.17, 15) is 4.79 Å². The first-order valence-corrected chi connectivity index (χ1v) is 9.46. The summed E-state index contributed by atoms with van der Waals surface area (Å²) in [5, 5.41) is 3.69. The van der Waals surface area contributed by atoms with Crippen molar-refractivity contribution in [1.82, 2.24) is 4.90 Å². The van der Waals surface area contributed by atoms with E-state index >= 15 is 0 Å². The van der Waals surface area contributed by atoms with Crippen LogP contribution in [-0.4, -0.2) is 43.0 Å². The molecule has 3 rings (SSSR count). The first-order valence-electron chi connectivity index (χ1n) is 9.08. The molecule has 1 atom stereocenters. The van der Waals surface area contributed by atoms with Gasteiger partial charge in [0.05, 0.1) is 6.04 Å². The molecule has 26 heavy (non-hydrogen) atoms. The van der Waals surface area contributed by atoms with E-state index < -0.39 is 0 Å². The molecule has 1 heterocycles. The van der Waals surface area contributed by atoms with Crippen LogP contribution in [-0.2, 0) is 4.79 Å². The lowest BCUT2D eigenvalue weighted by atomic mass is 10.1. The van der Waals surface area contributed by atoms with E-state index in [1.807, 2.05) is 32.0 Å². The number of aryl methyl sites for hydroxylation is 1. The topological polar surface area (TPSA) is 35.6 Å². The van der Waals surface area contributed by atoms with Crippen LogP contribution in [0.15, 0.2) is 42.5 Å². The largest absolute Gasteiger partial charge is 0.369 e. The van der Waals surface area contributed by atoms with Crippen molar-refractivity contribution in [3.63, 3.8) is 0 Å². The Kier molecular flexibility index (Phi) is 5.84. The molecule has 0 spiro atoms. The summed E-state index contributed by atoms with van der Waals surface area (Å²) in [6, 6.07) is 13.9. The lowest BCUT2D eigenvalue weighted by Crippen LogP contribution is -2.53. The normalized spacial score (nSPS) is 16.4. The van der Waals surface area contributed by atoms with Crippen LogP contribution in [0.2, 0.25) is 5.02 Å². The summed E-state index contributed by atoms with van der Waals surface area (Å²) in [4.78, 5) is 17.3. The highest BCUT2D eigenvalue weighted by Crippen LogP contribution is 2.24. The summed E-state index contributed by atoms with van der Waals surface area (Å²) in [5.74, 6) is 0.0136. The standard InChI is InChI=1S/C21H26ClN3O/c1-15-7-4-5-10-20(15)25-13-11-24(12-14-25)17(3)21(26)23-19-9-6-8-18(22)16(19)2/h4-10,17H,11-14H2,1-3H3,(H,23,26). The molecule has 2 aromatic rings. The molecule has 2 aromatic carbocycles. The molecule has 1 aliphatic rings. The molecule has 1 saturated heterocycles. The minimum Gasteiger partial charge on any atom is -0.369 e. The summed E-state index contributed by atoms with van der Waals surface area (Å²) in [7, 11) is 0. The fraction of sp³-hybridized carbons (Fsp3) is 0.381. The predicted octanol–water partition coefficient (Wildman–Crippen LogP) is 4.11. The minimum atomic E-state index is -0.174. The van der Waals surface area contributed by atoms with Gasteiger partial charge in [-0.2, -0.15) is 0 Å². The Hall–Kier alpha value is -2.04. The second kappa shape index (κ2) is 8.11. The molecular weight excluding hydrogens is 346 g/mol. The van der Waals surface area contributed by atoms with Crippen molar-refractivity contribution in [2.45, 2.75) is 26.8 Å². The quantitative estimate of drug-likeness (QED) is 0.878. The van der Waals surface area contributed by atoms with Gasteiger partial charge in [-0.3, -0.25) is 9.69 Å². The molecule has 1 aliphatic heterocycles. The summed E-state index contributed by atoms with van der Waals surface area (Å²) in [6.45, 7) is 9.64. The summed E-state index contributed by atoms with van der Waals surface area (Å²) >= 11 is 6.15. The number of amides is 1. The monoisotopic (exact) mass is 371 g/mol. The zero-order valence-corrected chi connectivity index (χ0v) is 16.4. The van der Waals surface area contributed by atoms with Crippen LogP contribution >= 0.6 is 11.6 Å². The third kappa shape index (κ3) is 4.02. The Morgan fingerprint density at radius 3 is 2.42 bits per heavy atom.